The molecule has 3 rings (SSSR count). The highest BCUT2D eigenvalue weighted by Gasteiger charge is 2.31. The Kier molecular flexibility index (Phi) is 3.71. The lowest BCUT2D eigenvalue weighted by Crippen LogP contribution is -2.58. The van der Waals surface area contributed by atoms with Crippen LogP contribution in [0.3, 0.4) is 0 Å². The molecule has 1 saturated heterocycles. The summed E-state index contributed by atoms with van der Waals surface area (Å²) in [5.41, 5.74) is 1.11. The van der Waals surface area contributed by atoms with Crippen molar-refractivity contribution in [3.05, 3.63) is 24.3 Å². The molecule has 1 aromatic rings. The van der Waals surface area contributed by atoms with Gasteiger partial charge in [0.15, 0.2) is 0 Å². The molecule has 1 aromatic carbocycles. The van der Waals surface area contributed by atoms with Crippen LogP contribution < -0.4 is 14.9 Å². The Morgan fingerprint density at radius 3 is 2.48 bits per heavy atom. The van der Waals surface area contributed by atoms with E-state index in [0.29, 0.717) is 4.90 Å². The molecule has 2 aliphatic rings. The molecule has 6 heteroatoms. The van der Waals surface area contributed by atoms with Crippen LogP contribution in [-0.4, -0.2) is 39.6 Å². The quantitative estimate of drug-likeness (QED) is 0.880. The van der Waals surface area contributed by atoms with Crippen molar-refractivity contribution < 1.29 is 8.42 Å². The largest absolute Gasteiger partial charge is 0.364 e. The monoisotopic (exact) mass is 309 g/mol. The number of anilines is 1. The molecule has 1 aliphatic carbocycles. The molecule has 0 aromatic heterocycles. The molecule has 0 atom stereocenters. The maximum absolute atomic E-state index is 12.2. The van der Waals surface area contributed by atoms with E-state index in [0.717, 1.165) is 38.2 Å². The second-order valence-electron chi connectivity index (χ2n) is 6.53. The van der Waals surface area contributed by atoms with Crippen molar-refractivity contribution in [3.63, 3.8) is 0 Å². The summed E-state index contributed by atoms with van der Waals surface area (Å²) >= 11 is 0. The van der Waals surface area contributed by atoms with Crippen molar-refractivity contribution >= 4 is 15.7 Å². The molecule has 116 valence electrons. The number of benzene rings is 1. The summed E-state index contributed by atoms with van der Waals surface area (Å²) in [6.07, 6.45) is 1.90. The minimum absolute atomic E-state index is 0.0326. The summed E-state index contributed by atoms with van der Waals surface area (Å²) in [6, 6.07) is 7.38. The fourth-order valence-electron chi connectivity index (χ4n) is 2.76. The smallest absolute Gasteiger partial charge is 0.240 e. The molecular weight excluding hydrogens is 286 g/mol. The third kappa shape index (κ3) is 3.22. The van der Waals surface area contributed by atoms with Gasteiger partial charge in [0, 0.05) is 36.9 Å². The highest BCUT2D eigenvalue weighted by atomic mass is 32.2. The van der Waals surface area contributed by atoms with Gasteiger partial charge in [-0.05, 0) is 51.0 Å². The first-order chi connectivity index (χ1) is 9.88. The zero-order chi connectivity index (χ0) is 15.1. The maximum atomic E-state index is 12.2. The minimum Gasteiger partial charge on any atom is -0.364 e. The molecule has 2 N–H and O–H groups in total. The fourth-order valence-corrected chi connectivity index (χ4v) is 4.06. The summed E-state index contributed by atoms with van der Waals surface area (Å²) in [5.74, 6) is 0. The first-order valence-electron chi connectivity index (χ1n) is 7.49. The summed E-state index contributed by atoms with van der Waals surface area (Å²) in [7, 11) is -3.35. The van der Waals surface area contributed by atoms with E-state index in [9.17, 15) is 8.42 Å². The van der Waals surface area contributed by atoms with Crippen molar-refractivity contribution in [3.8, 4) is 0 Å². The molecular formula is C15H23N3O2S. The van der Waals surface area contributed by atoms with E-state index >= 15 is 0 Å². The van der Waals surface area contributed by atoms with Crippen LogP contribution in [0, 0.1) is 0 Å². The van der Waals surface area contributed by atoms with Crippen molar-refractivity contribution in [2.75, 3.05) is 24.5 Å². The molecule has 0 radical (unpaired) electrons. The molecule has 1 saturated carbocycles. The van der Waals surface area contributed by atoms with Gasteiger partial charge < -0.3 is 10.2 Å². The maximum Gasteiger partial charge on any atom is 0.240 e. The van der Waals surface area contributed by atoms with Crippen molar-refractivity contribution in [2.24, 2.45) is 0 Å². The lowest BCUT2D eigenvalue weighted by atomic mass is 9.99. The van der Waals surface area contributed by atoms with Crippen LogP contribution in [0.1, 0.15) is 26.7 Å². The van der Waals surface area contributed by atoms with Gasteiger partial charge in [-0.25, -0.2) is 13.1 Å². The van der Waals surface area contributed by atoms with Gasteiger partial charge in [-0.15, -0.1) is 0 Å². The second kappa shape index (κ2) is 5.26. The summed E-state index contributed by atoms with van der Waals surface area (Å²) in [4.78, 5) is 2.68. The Labute approximate surface area is 126 Å². The van der Waals surface area contributed by atoms with E-state index in [4.69, 9.17) is 0 Å². The van der Waals surface area contributed by atoms with Gasteiger partial charge in [0.1, 0.15) is 0 Å². The van der Waals surface area contributed by atoms with Gasteiger partial charge in [0.25, 0.3) is 0 Å². The molecule has 1 aliphatic heterocycles. The highest BCUT2D eigenvalue weighted by Crippen LogP contribution is 2.27. The number of piperazine rings is 1. The summed E-state index contributed by atoms with van der Waals surface area (Å²) in [6.45, 7) is 7.19. The van der Waals surface area contributed by atoms with Crippen LogP contribution in [0.15, 0.2) is 29.2 Å². The average Bonchev–Trinajstić information content (AvgIpc) is 3.22. The van der Waals surface area contributed by atoms with Crippen LogP contribution in [0.4, 0.5) is 5.69 Å². The zero-order valence-electron chi connectivity index (χ0n) is 12.6. The van der Waals surface area contributed by atoms with Gasteiger partial charge in [0.2, 0.25) is 10.0 Å². The minimum atomic E-state index is -3.35. The predicted molar refractivity (Wildman–Crippen MR) is 84.1 cm³/mol. The second-order valence-corrected chi connectivity index (χ2v) is 8.24. The van der Waals surface area contributed by atoms with Gasteiger partial charge >= 0.3 is 0 Å². The SMILES string of the molecule is CC1(C)CNCCN1c1ccc(S(=O)(=O)NC2CC2)cc1. The third-order valence-electron chi connectivity index (χ3n) is 4.16. The lowest BCUT2D eigenvalue weighted by Gasteiger charge is -2.44. The fraction of sp³-hybridized carbons (Fsp3) is 0.600. The van der Waals surface area contributed by atoms with Crippen LogP contribution in [0.5, 0.6) is 0 Å². The van der Waals surface area contributed by atoms with Gasteiger partial charge in [-0.3, -0.25) is 0 Å². The Balaban J connectivity index is 1.80. The zero-order valence-corrected chi connectivity index (χ0v) is 13.4. The van der Waals surface area contributed by atoms with E-state index in [1.165, 1.54) is 0 Å². The van der Waals surface area contributed by atoms with Crippen LogP contribution in [0.25, 0.3) is 0 Å². The summed E-state index contributed by atoms with van der Waals surface area (Å²) < 4.78 is 27.0. The number of hydrogen-bond donors (Lipinski definition) is 2. The Hall–Kier alpha value is -1.11. The van der Waals surface area contributed by atoms with Crippen LogP contribution in [0.2, 0.25) is 0 Å². The Morgan fingerprint density at radius 1 is 1.24 bits per heavy atom. The molecule has 0 spiro atoms. The van der Waals surface area contributed by atoms with E-state index in [1.54, 1.807) is 12.1 Å². The molecule has 1 heterocycles. The average molecular weight is 309 g/mol. The van der Waals surface area contributed by atoms with Crippen molar-refractivity contribution in [1.29, 1.82) is 0 Å². The van der Waals surface area contributed by atoms with Crippen LogP contribution >= 0.6 is 0 Å². The Bertz CT molecular complexity index is 606. The molecule has 5 nitrogen and oxygen atoms in total. The van der Waals surface area contributed by atoms with Gasteiger partial charge in [-0.2, -0.15) is 0 Å². The molecule has 0 bridgehead atoms. The number of hydrogen-bond acceptors (Lipinski definition) is 4. The standard InChI is InChI=1S/C15H23N3O2S/c1-15(2)11-16-9-10-18(15)13-5-7-14(8-6-13)21(19,20)17-12-3-4-12/h5-8,12,16-17H,3-4,9-11H2,1-2H3. The highest BCUT2D eigenvalue weighted by molar-refractivity contribution is 7.89. The first kappa shape index (κ1) is 14.8. The number of nitrogens with zero attached hydrogens (tertiary/aromatic N) is 1. The Morgan fingerprint density at radius 2 is 1.90 bits per heavy atom. The third-order valence-corrected chi connectivity index (χ3v) is 5.69. The van der Waals surface area contributed by atoms with Gasteiger partial charge in [0.05, 0.1) is 4.90 Å². The van der Waals surface area contributed by atoms with E-state index in [-0.39, 0.29) is 11.6 Å². The topological polar surface area (TPSA) is 61.4 Å². The first-order valence-corrected chi connectivity index (χ1v) is 8.98. The van der Waals surface area contributed by atoms with E-state index in [1.807, 2.05) is 12.1 Å². The molecule has 2 fully saturated rings. The van der Waals surface area contributed by atoms with Gasteiger partial charge in [-0.1, -0.05) is 0 Å². The van der Waals surface area contributed by atoms with Crippen LogP contribution in [-0.2, 0) is 10.0 Å². The normalized spacial score (nSPS) is 22.3. The predicted octanol–water partition coefficient (Wildman–Crippen LogP) is 1.32. The number of nitrogens with one attached hydrogen (secondary N) is 2. The van der Waals surface area contributed by atoms with Crippen molar-refractivity contribution in [2.45, 2.75) is 43.2 Å². The molecule has 0 unspecified atom stereocenters. The number of sulfonamides is 1. The van der Waals surface area contributed by atoms with E-state index in [2.05, 4.69) is 28.8 Å². The lowest BCUT2D eigenvalue weighted by molar-refractivity contribution is 0.380. The summed E-state index contributed by atoms with van der Waals surface area (Å²) in [5, 5.41) is 3.39. The number of rotatable bonds is 4. The molecule has 0 amide bonds. The molecule has 21 heavy (non-hydrogen) atoms. The van der Waals surface area contributed by atoms with E-state index < -0.39 is 10.0 Å². The van der Waals surface area contributed by atoms with Crippen molar-refractivity contribution in [1.82, 2.24) is 10.0 Å².